The summed E-state index contributed by atoms with van der Waals surface area (Å²) < 4.78 is 2.14. The molecule has 0 saturated carbocycles. The van der Waals surface area contributed by atoms with Crippen LogP contribution in [0.2, 0.25) is 0 Å². The molecule has 0 radical (unpaired) electrons. The molecule has 2 nitrogen and oxygen atoms in total. The van der Waals surface area contributed by atoms with Crippen molar-refractivity contribution in [3.8, 4) is 23.1 Å². The second-order valence-electron chi connectivity index (χ2n) is 4.93. The molecule has 0 N–H and O–H groups in total. The van der Waals surface area contributed by atoms with E-state index in [1.165, 1.54) is 5.56 Å². The van der Waals surface area contributed by atoms with Gasteiger partial charge in [0.1, 0.15) is 0 Å². The standard InChI is InChI=1S/C20H15NO/c22-15-7-12-19-13-14-20(18-10-5-2-6-11-18)21(19)16-17-8-3-1-4-9-17/h1-6,8-11,13-15H,16H2. The lowest BCUT2D eigenvalue weighted by molar-refractivity contribution is -0.103. The van der Waals surface area contributed by atoms with Gasteiger partial charge in [0.25, 0.3) is 0 Å². The molecule has 0 aliphatic heterocycles. The maximum absolute atomic E-state index is 10.5. The number of aromatic nitrogens is 1. The van der Waals surface area contributed by atoms with E-state index in [1.54, 1.807) is 0 Å². The Balaban J connectivity index is 2.07. The number of carbonyl (C=O) groups is 1. The molecule has 1 heterocycles. The Bertz CT molecular complexity index is 820. The fraction of sp³-hybridized carbons (Fsp3) is 0.0500. The predicted molar refractivity (Wildman–Crippen MR) is 88.4 cm³/mol. The van der Waals surface area contributed by atoms with Gasteiger partial charge < -0.3 is 4.57 Å². The summed E-state index contributed by atoms with van der Waals surface area (Å²) in [6, 6.07) is 24.4. The molecule has 22 heavy (non-hydrogen) atoms. The van der Waals surface area contributed by atoms with Gasteiger partial charge >= 0.3 is 0 Å². The quantitative estimate of drug-likeness (QED) is 0.530. The second kappa shape index (κ2) is 6.60. The summed E-state index contributed by atoms with van der Waals surface area (Å²) in [7, 11) is 0. The minimum atomic E-state index is 0.627. The number of hydrogen-bond donors (Lipinski definition) is 0. The van der Waals surface area contributed by atoms with Crippen LogP contribution in [-0.2, 0) is 11.3 Å². The number of rotatable bonds is 3. The lowest BCUT2D eigenvalue weighted by Gasteiger charge is -2.11. The second-order valence-corrected chi connectivity index (χ2v) is 4.93. The van der Waals surface area contributed by atoms with E-state index in [4.69, 9.17) is 0 Å². The highest BCUT2D eigenvalue weighted by Gasteiger charge is 2.09. The van der Waals surface area contributed by atoms with Crippen LogP contribution in [0.1, 0.15) is 11.3 Å². The Hall–Kier alpha value is -3.05. The monoisotopic (exact) mass is 285 g/mol. The number of carbonyl (C=O) groups excluding carboxylic acids is 1. The first-order valence-corrected chi connectivity index (χ1v) is 7.12. The van der Waals surface area contributed by atoms with E-state index >= 15 is 0 Å². The zero-order chi connectivity index (χ0) is 15.2. The molecule has 0 amide bonds. The minimum absolute atomic E-state index is 0.627. The molecular formula is C20H15NO. The molecule has 0 atom stereocenters. The van der Waals surface area contributed by atoms with E-state index in [2.05, 4.69) is 40.7 Å². The van der Waals surface area contributed by atoms with Gasteiger partial charge in [0.15, 0.2) is 6.29 Å². The van der Waals surface area contributed by atoms with Crippen molar-refractivity contribution in [3.63, 3.8) is 0 Å². The van der Waals surface area contributed by atoms with Crippen LogP contribution in [0.4, 0.5) is 0 Å². The SMILES string of the molecule is O=CC#Cc1ccc(-c2ccccc2)n1Cc1ccccc1. The molecule has 2 aromatic carbocycles. The minimum Gasteiger partial charge on any atom is -0.330 e. The van der Waals surface area contributed by atoms with Gasteiger partial charge in [-0.05, 0) is 35.1 Å². The van der Waals surface area contributed by atoms with Crippen molar-refractivity contribution in [2.45, 2.75) is 6.54 Å². The lowest BCUT2D eigenvalue weighted by Crippen LogP contribution is -2.04. The summed E-state index contributed by atoms with van der Waals surface area (Å²) >= 11 is 0. The topological polar surface area (TPSA) is 22.0 Å². The number of benzene rings is 2. The third-order valence-corrected chi connectivity index (χ3v) is 3.49. The van der Waals surface area contributed by atoms with Crippen LogP contribution in [0.5, 0.6) is 0 Å². The summed E-state index contributed by atoms with van der Waals surface area (Å²) in [6.45, 7) is 0.723. The predicted octanol–water partition coefficient (Wildman–Crippen LogP) is 3.75. The summed E-state index contributed by atoms with van der Waals surface area (Å²) in [5, 5.41) is 0. The highest BCUT2D eigenvalue weighted by molar-refractivity contribution is 5.74. The van der Waals surface area contributed by atoms with Gasteiger partial charge in [0.2, 0.25) is 0 Å². The van der Waals surface area contributed by atoms with Gasteiger partial charge in [-0.15, -0.1) is 0 Å². The summed E-state index contributed by atoms with van der Waals surface area (Å²) in [4.78, 5) is 10.5. The van der Waals surface area contributed by atoms with Crippen LogP contribution in [0, 0.1) is 11.8 Å². The van der Waals surface area contributed by atoms with Gasteiger partial charge in [0.05, 0.1) is 5.69 Å². The van der Waals surface area contributed by atoms with E-state index in [-0.39, 0.29) is 0 Å². The number of nitrogens with zero attached hydrogens (tertiary/aromatic N) is 1. The van der Waals surface area contributed by atoms with E-state index < -0.39 is 0 Å². The lowest BCUT2D eigenvalue weighted by atomic mass is 10.1. The molecule has 1 aromatic heterocycles. The third-order valence-electron chi connectivity index (χ3n) is 3.49. The first-order valence-electron chi connectivity index (χ1n) is 7.12. The van der Waals surface area contributed by atoms with Gasteiger partial charge in [-0.3, -0.25) is 4.79 Å². The van der Waals surface area contributed by atoms with Gasteiger partial charge in [-0.2, -0.15) is 0 Å². The van der Waals surface area contributed by atoms with Gasteiger partial charge in [-0.1, -0.05) is 60.7 Å². The Kier molecular flexibility index (Phi) is 4.17. The summed E-state index contributed by atoms with van der Waals surface area (Å²) in [5.74, 6) is 5.42. The molecule has 3 aromatic rings. The molecule has 0 aliphatic carbocycles. The van der Waals surface area contributed by atoms with Crippen molar-refractivity contribution in [2.24, 2.45) is 0 Å². The van der Waals surface area contributed by atoms with Crippen LogP contribution >= 0.6 is 0 Å². The molecule has 2 heteroatoms. The third kappa shape index (κ3) is 2.99. The Labute approximate surface area is 130 Å². The summed E-state index contributed by atoms with van der Waals surface area (Å²) in [6.07, 6.45) is 0.627. The number of aldehydes is 1. The normalized spacial score (nSPS) is 9.82. The van der Waals surface area contributed by atoms with Crippen molar-refractivity contribution >= 4 is 6.29 Å². The van der Waals surface area contributed by atoms with Gasteiger partial charge in [0, 0.05) is 12.2 Å². The van der Waals surface area contributed by atoms with E-state index in [9.17, 15) is 4.79 Å². The average molecular weight is 285 g/mol. The summed E-state index contributed by atoms with van der Waals surface area (Å²) in [5.41, 5.74) is 4.28. The van der Waals surface area contributed by atoms with Crippen molar-refractivity contribution < 1.29 is 4.79 Å². The fourth-order valence-electron chi connectivity index (χ4n) is 2.48. The van der Waals surface area contributed by atoms with Crippen molar-refractivity contribution in [1.29, 1.82) is 0 Å². The van der Waals surface area contributed by atoms with Crippen LogP contribution in [0.25, 0.3) is 11.3 Å². The van der Waals surface area contributed by atoms with E-state index in [0.29, 0.717) is 6.29 Å². The largest absolute Gasteiger partial charge is 0.330 e. The van der Waals surface area contributed by atoms with Crippen LogP contribution in [0.15, 0.2) is 72.8 Å². The molecule has 0 fully saturated rings. The molecule has 3 rings (SSSR count). The zero-order valence-electron chi connectivity index (χ0n) is 12.1. The Morgan fingerprint density at radius 1 is 0.864 bits per heavy atom. The van der Waals surface area contributed by atoms with Crippen LogP contribution in [0.3, 0.4) is 0 Å². The van der Waals surface area contributed by atoms with Crippen molar-refractivity contribution in [1.82, 2.24) is 4.57 Å². The Morgan fingerprint density at radius 2 is 1.55 bits per heavy atom. The van der Waals surface area contributed by atoms with Crippen LogP contribution < -0.4 is 0 Å². The Morgan fingerprint density at radius 3 is 2.23 bits per heavy atom. The average Bonchev–Trinajstić information content (AvgIpc) is 2.97. The zero-order valence-corrected chi connectivity index (χ0v) is 12.1. The van der Waals surface area contributed by atoms with Crippen LogP contribution in [-0.4, -0.2) is 10.9 Å². The smallest absolute Gasteiger partial charge is 0.193 e. The van der Waals surface area contributed by atoms with Crippen molar-refractivity contribution in [3.05, 3.63) is 84.1 Å². The fourth-order valence-corrected chi connectivity index (χ4v) is 2.48. The van der Waals surface area contributed by atoms with Crippen molar-refractivity contribution in [2.75, 3.05) is 0 Å². The van der Waals surface area contributed by atoms with Gasteiger partial charge in [-0.25, -0.2) is 0 Å². The molecule has 0 bridgehead atoms. The maximum Gasteiger partial charge on any atom is 0.193 e. The highest BCUT2D eigenvalue weighted by Crippen LogP contribution is 2.23. The molecule has 0 spiro atoms. The first-order chi connectivity index (χ1) is 10.9. The molecule has 0 aliphatic rings. The number of hydrogen-bond acceptors (Lipinski definition) is 1. The van der Waals surface area contributed by atoms with E-state index in [1.807, 2.05) is 48.5 Å². The maximum atomic E-state index is 10.5. The van der Waals surface area contributed by atoms with E-state index in [0.717, 1.165) is 23.5 Å². The first kappa shape index (κ1) is 13.9. The molecule has 0 saturated heterocycles. The molecular weight excluding hydrogens is 270 g/mol. The molecule has 0 unspecified atom stereocenters. The highest BCUT2D eigenvalue weighted by atomic mass is 16.1. The molecule has 106 valence electrons.